The van der Waals surface area contributed by atoms with E-state index in [1.807, 2.05) is 12.1 Å². The van der Waals surface area contributed by atoms with Gasteiger partial charge in [0.05, 0.1) is 5.39 Å². The zero-order valence-corrected chi connectivity index (χ0v) is 15.8. The van der Waals surface area contributed by atoms with Gasteiger partial charge in [0.15, 0.2) is 17.4 Å². The lowest BCUT2D eigenvalue weighted by Gasteiger charge is -2.11. The molecule has 0 saturated heterocycles. The fourth-order valence-corrected chi connectivity index (χ4v) is 4.86. The van der Waals surface area contributed by atoms with Gasteiger partial charge in [-0.05, 0) is 54.7 Å². The molecule has 140 valence electrons. The molecule has 5 rings (SSSR count). The Morgan fingerprint density at radius 2 is 2.11 bits per heavy atom. The van der Waals surface area contributed by atoms with Gasteiger partial charge in [0.25, 0.3) is 0 Å². The third kappa shape index (κ3) is 2.97. The molecule has 0 saturated carbocycles. The highest BCUT2D eigenvalue weighted by Crippen LogP contribution is 2.40. The summed E-state index contributed by atoms with van der Waals surface area (Å²) in [5.74, 6) is 0.416. The first-order chi connectivity index (χ1) is 13.7. The van der Waals surface area contributed by atoms with Crippen LogP contribution in [0, 0.1) is 5.82 Å². The molecule has 0 aliphatic heterocycles. The summed E-state index contributed by atoms with van der Waals surface area (Å²) in [6.45, 7) is 0.403. The van der Waals surface area contributed by atoms with Crippen molar-refractivity contribution in [3.05, 3.63) is 64.5 Å². The molecule has 2 N–H and O–H groups in total. The summed E-state index contributed by atoms with van der Waals surface area (Å²) in [7, 11) is 0. The van der Waals surface area contributed by atoms with Crippen molar-refractivity contribution >= 4 is 27.4 Å². The Kier molecular flexibility index (Phi) is 4.16. The largest absolute Gasteiger partial charge is 0.505 e. The molecule has 1 aromatic carbocycles. The number of thiophene rings is 1. The minimum Gasteiger partial charge on any atom is -0.505 e. The Morgan fingerprint density at radius 3 is 2.93 bits per heavy atom. The number of halogens is 1. The van der Waals surface area contributed by atoms with E-state index < -0.39 is 5.82 Å². The van der Waals surface area contributed by atoms with Crippen LogP contribution >= 0.6 is 11.3 Å². The summed E-state index contributed by atoms with van der Waals surface area (Å²) in [6, 6.07) is 8.20. The molecule has 0 fully saturated rings. The predicted octanol–water partition coefficient (Wildman–Crippen LogP) is 4.70. The molecule has 28 heavy (non-hydrogen) atoms. The van der Waals surface area contributed by atoms with Gasteiger partial charge in [-0.3, -0.25) is 4.98 Å². The van der Waals surface area contributed by atoms with Gasteiger partial charge in [0, 0.05) is 29.4 Å². The van der Waals surface area contributed by atoms with Crippen LogP contribution in [0.2, 0.25) is 0 Å². The van der Waals surface area contributed by atoms with Crippen molar-refractivity contribution in [1.82, 2.24) is 15.0 Å². The number of nitrogens with one attached hydrogen (secondary N) is 1. The van der Waals surface area contributed by atoms with E-state index in [0.29, 0.717) is 12.4 Å². The molecule has 0 bridgehead atoms. The van der Waals surface area contributed by atoms with Gasteiger partial charge in [-0.2, -0.15) is 0 Å². The quantitative estimate of drug-likeness (QED) is 0.527. The minimum atomic E-state index is -0.625. The number of nitrogens with zero attached hydrogens (tertiary/aromatic N) is 3. The molecule has 7 heteroatoms. The number of anilines is 1. The van der Waals surface area contributed by atoms with Crippen molar-refractivity contribution in [2.24, 2.45) is 0 Å². The summed E-state index contributed by atoms with van der Waals surface area (Å²) in [5, 5.41) is 13.8. The van der Waals surface area contributed by atoms with Crippen LogP contribution in [0.25, 0.3) is 21.6 Å². The SMILES string of the molecule is Oc1ccc(CNc2nc(-c3cccnc3)nc3sc4c(c23)CCC4)cc1F. The van der Waals surface area contributed by atoms with Crippen molar-refractivity contribution in [3.8, 4) is 17.1 Å². The number of hydrogen-bond donors (Lipinski definition) is 2. The topological polar surface area (TPSA) is 70.9 Å². The third-order valence-electron chi connectivity index (χ3n) is 4.96. The van der Waals surface area contributed by atoms with E-state index >= 15 is 0 Å². The van der Waals surface area contributed by atoms with Crippen LogP contribution in [0.5, 0.6) is 5.75 Å². The van der Waals surface area contributed by atoms with E-state index in [1.54, 1.807) is 29.8 Å². The first-order valence-electron chi connectivity index (χ1n) is 9.13. The van der Waals surface area contributed by atoms with Crippen LogP contribution in [0.1, 0.15) is 22.4 Å². The molecule has 3 heterocycles. The van der Waals surface area contributed by atoms with Crippen molar-refractivity contribution in [2.75, 3.05) is 5.32 Å². The number of aromatic hydroxyl groups is 1. The Hall–Kier alpha value is -3.06. The lowest BCUT2D eigenvalue weighted by molar-refractivity contribution is 0.432. The molecule has 4 aromatic rings. The predicted molar refractivity (Wildman–Crippen MR) is 108 cm³/mol. The van der Waals surface area contributed by atoms with Crippen molar-refractivity contribution < 1.29 is 9.50 Å². The minimum absolute atomic E-state index is 0.345. The maximum atomic E-state index is 13.7. The number of phenolic OH excluding ortho intramolecular Hbond substituents is 1. The average molecular weight is 392 g/mol. The van der Waals surface area contributed by atoms with Gasteiger partial charge in [0.2, 0.25) is 0 Å². The van der Waals surface area contributed by atoms with E-state index in [0.717, 1.165) is 46.4 Å². The zero-order valence-electron chi connectivity index (χ0n) is 14.9. The number of aryl methyl sites for hydroxylation is 2. The fraction of sp³-hybridized carbons (Fsp3) is 0.190. The van der Waals surface area contributed by atoms with Crippen LogP contribution in [-0.2, 0) is 19.4 Å². The summed E-state index contributed by atoms with van der Waals surface area (Å²) in [5.41, 5.74) is 2.92. The molecule has 0 spiro atoms. The number of benzene rings is 1. The Balaban J connectivity index is 1.58. The number of pyridine rings is 1. The van der Waals surface area contributed by atoms with E-state index in [-0.39, 0.29) is 5.75 Å². The van der Waals surface area contributed by atoms with Crippen molar-refractivity contribution in [1.29, 1.82) is 0 Å². The van der Waals surface area contributed by atoms with E-state index in [9.17, 15) is 9.50 Å². The van der Waals surface area contributed by atoms with Crippen molar-refractivity contribution in [3.63, 3.8) is 0 Å². The highest BCUT2D eigenvalue weighted by atomic mass is 32.1. The number of aromatic nitrogens is 3. The first-order valence-corrected chi connectivity index (χ1v) is 9.94. The molecule has 3 aromatic heterocycles. The molecule has 0 atom stereocenters. The molecule has 0 radical (unpaired) electrons. The molecule has 1 aliphatic rings. The van der Waals surface area contributed by atoms with Crippen LogP contribution in [0.3, 0.4) is 0 Å². The van der Waals surface area contributed by atoms with Crippen LogP contribution in [0.15, 0.2) is 42.7 Å². The fourth-order valence-electron chi connectivity index (χ4n) is 3.59. The third-order valence-corrected chi connectivity index (χ3v) is 6.14. The van der Waals surface area contributed by atoms with Gasteiger partial charge in [-0.25, -0.2) is 14.4 Å². The second-order valence-electron chi connectivity index (χ2n) is 6.81. The number of fused-ring (bicyclic) bond motifs is 3. The van der Waals surface area contributed by atoms with Crippen molar-refractivity contribution in [2.45, 2.75) is 25.8 Å². The molecule has 0 amide bonds. The lowest BCUT2D eigenvalue weighted by Crippen LogP contribution is -2.04. The number of hydrogen-bond acceptors (Lipinski definition) is 6. The van der Waals surface area contributed by atoms with Gasteiger partial charge < -0.3 is 10.4 Å². The zero-order chi connectivity index (χ0) is 19.1. The summed E-state index contributed by atoms with van der Waals surface area (Å²) in [6.07, 6.45) is 6.75. The van der Waals surface area contributed by atoms with Gasteiger partial charge in [0.1, 0.15) is 10.6 Å². The molecule has 1 aliphatic carbocycles. The van der Waals surface area contributed by atoms with Crippen LogP contribution < -0.4 is 5.32 Å². The monoisotopic (exact) mass is 392 g/mol. The second-order valence-corrected chi connectivity index (χ2v) is 7.90. The van der Waals surface area contributed by atoms with E-state index in [4.69, 9.17) is 9.97 Å². The Morgan fingerprint density at radius 1 is 1.18 bits per heavy atom. The van der Waals surface area contributed by atoms with Crippen LogP contribution in [-0.4, -0.2) is 20.1 Å². The summed E-state index contributed by atoms with van der Waals surface area (Å²) < 4.78 is 13.7. The van der Waals surface area contributed by atoms with Gasteiger partial charge in [-0.15, -0.1) is 11.3 Å². The van der Waals surface area contributed by atoms with E-state index in [2.05, 4.69) is 10.3 Å². The number of rotatable bonds is 4. The lowest BCUT2D eigenvalue weighted by atomic mass is 10.1. The standard InChI is InChI=1S/C21H17FN4OS/c22-15-9-12(6-7-16(15)27)10-24-20-18-14-4-1-5-17(14)28-21(18)26-19(25-20)13-3-2-8-23-11-13/h2-3,6-9,11,27H,1,4-5,10H2,(H,24,25,26). The summed E-state index contributed by atoms with van der Waals surface area (Å²) >= 11 is 1.73. The smallest absolute Gasteiger partial charge is 0.165 e. The normalized spacial score (nSPS) is 13.0. The van der Waals surface area contributed by atoms with Gasteiger partial charge in [-0.1, -0.05) is 6.07 Å². The molecule has 5 nitrogen and oxygen atoms in total. The maximum Gasteiger partial charge on any atom is 0.165 e. The van der Waals surface area contributed by atoms with E-state index in [1.165, 1.54) is 22.6 Å². The maximum absolute atomic E-state index is 13.7. The highest BCUT2D eigenvalue weighted by molar-refractivity contribution is 7.19. The highest BCUT2D eigenvalue weighted by Gasteiger charge is 2.22. The molecule has 0 unspecified atom stereocenters. The first kappa shape index (κ1) is 17.1. The number of phenols is 1. The Labute approximate surface area is 164 Å². The molecular weight excluding hydrogens is 375 g/mol. The van der Waals surface area contributed by atoms with Gasteiger partial charge >= 0.3 is 0 Å². The molecular formula is C21H17FN4OS. The van der Waals surface area contributed by atoms with Crippen LogP contribution in [0.4, 0.5) is 10.2 Å². The average Bonchev–Trinajstić information content (AvgIpc) is 3.30. The second kappa shape index (κ2) is 6.83. The Bertz CT molecular complexity index is 1180. The summed E-state index contributed by atoms with van der Waals surface area (Å²) in [4.78, 5) is 16.1.